The van der Waals surface area contributed by atoms with Gasteiger partial charge >= 0.3 is 0 Å². The Balaban J connectivity index is 0. The minimum atomic E-state index is 0. The molecule has 0 saturated carbocycles. The number of nitrogens with zero attached hydrogens (tertiary/aromatic N) is 2. The third-order valence-corrected chi connectivity index (χ3v) is 3.28. The molecule has 0 fully saturated rings. The second-order valence-electron chi connectivity index (χ2n) is 3.73. The topological polar surface area (TPSA) is 45.2 Å². The normalized spacial score (nSPS) is 9.16. The van der Waals surface area contributed by atoms with Crippen LogP contribution in [0, 0.1) is 0 Å². The second-order valence-corrected chi connectivity index (χ2v) is 4.72. The van der Waals surface area contributed by atoms with Crippen molar-refractivity contribution in [3.63, 3.8) is 0 Å². The molecule has 1 heterocycles. The highest BCUT2D eigenvalue weighted by Gasteiger charge is 2.07. The van der Waals surface area contributed by atoms with Gasteiger partial charge in [0, 0.05) is 32.1 Å². The van der Waals surface area contributed by atoms with Crippen LogP contribution in [0.1, 0.15) is 5.69 Å². The summed E-state index contributed by atoms with van der Waals surface area (Å²) in [6, 6.07) is 5.83. The maximum absolute atomic E-state index is 11.7. The number of nitrogens with one attached hydrogen (secondary N) is 1. The van der Waals surface area contributed by atoms with E-state index in [1.807, 2.05) is 32.3 Å². The number of halogens is 2. The maximum atomic E-state index is 11.7. The standard InChI is InChI=1S/C12H19N3OS.2ClH/c1-13-7-8-15(2)12(16)10-17-9-11-5-3-4-6-14-11;;/h3-6,13H,7-10H2,1-2H3;2*1H. The summed E-state index contributed by atoms with van der Waals surface area (Å²) in [6.07, 6.45) is 1.77. The molecule has 1 rings (SSSR count). The number of carbonyl (C=O) groups excluding carboxylic acids is 1. The summed E-state index contributed by atoms with van der Waals surface area (Å²) < 4.78 is 0. The van der Waals surface area contributed by atoms with Gasteiger partial charge in [0.05, 0.1) is 11.4 Å². The van der Waals surface area contributed by atoms with Gasteiger partial charge in [0.2, 0.25) is 5.91 Å². The highest BCUT2D eigenvalue weighted by molar-refractivity contribution is 7.99. The van der Waals surface area contributed by atoms with E-state index in [1.54, 1.807) is 22.9 Å². The Labute approximate surface area is 131 Å². The first-order valence-electron chi connectivity index (χ1n) is 5.60. The van der Waals surface area contributed by atoms with Crippen LogP contribution in [-0.4, -0.2) is 48.7 Å². The molecule has 0 aliphatic heterocycles. The molecule has 0 aliphatic rings. The number of carbonyl (C=O) groups is 1. The predicted molar refractivity (Wildman–Crippen MR) is 86.5 cm³/mol. The summed E-state index contributed by atoms with van der Waals surface area (Å²) in [5, 5.41) is 3.02. The molecule has 1 amide bonds. The predicted octanol–water partition coefficient (Wildman–Crippen LogP) is 1.84. The number of hydrogen-bond donors (Lipinski definition) is 1. The van der Waals surface area contributed by atoms with Crippen LogP contribution in [0.4, 0.5) is 0 Å². The van der Waals surface area contributed by atoms with Gasteiger partial charge in [-0.05, 0) is 19.2 Å². The lowest BCUT2D eigenvalue weighted by molar-refractivity contribution is -0.127. The van der Waals surface area contributed by atoms with Gasteiger partial charge in [0.15, 0.2) is 0 Å². The van der Waals surface area contributed by atoms with E-state index < -0.39 is 0 Å². The van der Waals surface area contributed by atoms with E-state index in [0.29, 0.717) is 5.75 Å². The summed E-state index contributed by atoms with van der Waals surface area (Å²) in [5.74, 6) is 1.46. The van der Waals surface area contributed by atoms with Crippen molar-refractivity contribution in [2.45, 2.75) is 5.75 Å². The van der Waals surface area contributed by atoms with Crippen LogP contribution < -0.4 is 5.32 Å². The molecule has 0 radical (unpaired) electrons. The molecule has 1 aromatic rings. The van der Waals surface area contributed by atoms with E-state index in [0.717, 1.165) is 24.5 Å². The van der Waals surface area contributed by atoms with Crippen LogP contribution in [0.15, 0.2) is 24.4 Å². The van der Waals surface area contributed by atoms with Crippen molar-refractivity contribution in [2.75, 3.05) is 32.9 Å². The number of amides is 1. The molecule has 1 N–H and O–H groups in total. The largest absolute Gasteiger partial charge is 0.344 e. The lowest BCUT2D eigenvalue weighted by atomic mass is 10.4. The average molecular weight is 326 g/mol. The molecule has 0 aliphatic carbocycles. The zero-order valence-corrected chi connectivity index (χ0v) is 13.6. The molecule has 0 aromatic carbocycles. The van der Waals surface area contributed by atoms with Gasteiger partial charge in [-0.3, -0.25) is 9.78 Å². The number of aromatic nitrogens is 1. The fraction of sp³-hybridized carbons (Fsp3) is 0.500. The van der Waals surface area contributed by atoms with Crippen molar-refractivity contribution in [3.8, 4) is 0 Å². The number of pyridine rings is 1. The molecule has 1 aromatic heterocycles. The third-order valence-electron chi connectivity index (χ3n) is 2.32. The molecule has 110 valence electrons. The Kier molecular flexibility index (Phi) is 13.7. The van der Waals surface area contributed by atoms with Gasteiger partial charge in [0.1, 0.15) is 0 Å². The van der Waals surface area contributed by atoms with E-state index in [1.165, 1.54) is 0 Å². The highest BCUT2D eigenvalue weighted by Crippen LogP contribution is 2.09. The first kappa shape index (κ1) is 20.8. The molecule has 0 saturated heterocycles. The first-order chi connectivity index (χ1) is 8.24. The molecular weight excluding hydrogens is 305 g/mol. The second kappa shape index (κ2) is 12.5. The third kappa shape index (κ3) is 9.10. The van der Waals surface area contributed by atoms with Crippen molar-refractivity contribution in [2.24, 2.45) is 0 Å². The van der Waals surface area contributed by atoms with Crippen molar-refractivity contribution < 1.29 is 4.79 Å². The van der Waals surface area contributed by atoms with E-state index in [-0.39, 0.29) is 30.7 Å². The first-order valence-corrected chi connectivity index (χ1v) is 6.75. The fourth-order valence-corrected chi connectivity index (χ4v) is 2.12. The summed E-state index contributed by atoms with van der Waals surface area (Å²) in [6.45, 7) is 1.58. The number of likely N-dealkylation sites (N-methyl/N-ethyl adjacent to an activating group) is 2. The fourth-order valence-electron chi connectivity index (χ4n) is 1.24. The quantitative estimate of drug-likeness (QED) is 0.830. The van der Waals surface area contributed by atoms with Gasteiger partial charge in [-0.25, -0.2) is 0 Å². The summed E-state index contributed by atoms with van der Waals surface area (Å²) in [4.78, 5) is 17.7. The molecule has 0 unspecified atom stereocenters. The zero-order valence-electron chi connectivity index (χ0n) is 11.2. The lowest BCUT2D eigenvalue weighted by Crippen LogP contribution is -2.33. The van der Waals surface area contributed by atoms with Crippen molar-refractivity contribution in [1.82, 2.24) is 15.2 Å². The molecule has 0 atom stereocenters. The van der Waals surface area contributed by atoms with Crippen LogP contribution in [-0.2, 0) is 10.5 Å². The van der Waals surface area contributed by atoms with E-state index >= 15 is 0 Å². The number of rotatable bonds is 7. The Bertz CT molecular complexity index is 341. The van der Waals surface area contributed by atoms with Crippen LogP contribution >= 0.6 is 36.6 Å². The smallest absolute Gasteiger partial charge is 0.232 e. The van der Waals surface area contributed by atoms with Crippen LogP contribution in [0.25, 0.3) is 0 Å². The Morgan fingerprint density at radius 3 is 2.74 bits per heavy atom. The Morgan fingerprint density at radius 2 is 2.16 bits per heavy atom. The minimum Gasteiger partial charge on any atom is -0.344 e. The number of thioether (sulfide) groups is 1. The lowest BCUT2D eigenvalue weighted by Gasteiger charge is -2.16. The summed E-state index contributed by atoms with van der Waals surface area (Å²) in [7, 11) is 3.72. The summed E-state index contributed by atoms with van der Waals surface area (Å²) in [5.41, 5.74) is 1.02. The summed E-state index contributed by atoms with van der Waals surface area (Å²) >= 11 is 1.60. The average Bonchev–Trinajstić information content (AvgIpc) is 2.37. The molecule has 7 heteroatoms. The molecule has 0 bridgehead atoms. The van der Waals surface area contributed by atoms with E-state index in [9.17, 15) is 4.79 Å². The molecular formula is C12H21Cl2N3OS. The van der Waals surface area contributed by atoms with Crippen molar-refractivity contribution >= 4 is 42.5 Å². The van der Waals surface area contributed by atoms with Gasteiger partial charge in [-0.2, -0.15) is 0 Å². The molecule has 19 heavy (non-hydrogen) atoms. The van der Waals surface area contributed by atoms with Gasteiger partial charge in [-0.1, -0.05) is 6.07 Å². The van der Waals surface area contributed by atoms with Gasteiger partial charge in [0.25, 0.3) is 0 Å². The van der Waals surface area contributed by atoms with Crippen molar-refractivity contribution in [3.05, 3.63) is 30.1 Å². The maximum Gasteiger partial charge on any atom is 0.232 e. The van der Waals surface area contributed by atoms with Crippen LogP contribution in [0.2, 0.25) is 0 Å². The van der Waals surface area contributed by atoms with Crippen LogP contribution in [0.5, 0.6) is 0 Å². The van der Waals surface area contributed by atoms with Gasteiger partial charge in [-0.15, -0.1) is 36.6 Å². The minimum absolute atomic E-state index is 0. The van der Waals surface area contributed by atoms with Gasteiger partial charge < -0.3 is 10.2 Å². The van der Waals surface area contributed by atoms with E-state index in [2.05, 4.69) is 10.3 Å². The van der Waals surface area contributed by atoms with Crippen LogP contribution in [0.3, 0.4) is 0 Å². The van der Waals surface area contributed by atoms with Crippen molar-refractivity contribution in [1.29, 1.82) is 0 Å². The molecule has 0 spiro atoms. The number of hydrogen-bond acceptors (Lipinski definition) is 4. The molecule has 4 nitrogen and oxygen atoms in total. The Morgan fingerprint density at radius 1 is 1.42 bits per heavy atom. The Hall–Kier alpha value is -0.490. The highest BCUT2D eigenvalue weighted by atomic mass is 35.5. The zero-order chi connectivity index (χ0) is 12.5. The SMILES string of the molecule is CNCCN(C)C(=O)CSCc1ccccn1.Cl.Cl. The van der Waals surface area contributed by atoms with E-state index in [4.69, 9.17) is 0 Å². The monoisotopic (exact) mass is 325 g/mol.